The lowest BCUT2D eigenvalue weighted by Crippen LogP contribution is -2.40. The predicted molar refractivity (Wildman–Crippen MR) is 73.3 cm³/mol. The molecule has 2 heterocycles. The van der Waals surface area contributed by atoms with E-state index in [0.717, 1.165) is 18.7 Å². The van der Waals surface area contributed by atoms with Crippen molar-refractivity contribution in [3.8, 4) is 0 Å². The number of carbonyl (C=O) groups is 1. The Labute approximate surface area is 109 Å². The zero-order valence-corrected chi connectivity index (χ0v) is 11.8. The number of amides is 1. The van der Waals surface area contributed by atoms with Crippen molar-refractivity contribution in [2.45, 2.75) is 44.2 Å². The molecule has 3 nitrogen and oxygen atoms in total. The molecule has 2 fully saturated rings. The van der Waals surface area contributed by atoms with Crippen molar-refractivity contribution in [3.05, 3.63) is 0 Å². The van der Waals surface area contributed by atoms with Gasteiger partial charge >= 0.3 is 0 Å². The first-order valence-electron chi connectivity index (χ1n) is 6.68. The molecule has 17 heavy (non-hydrogen) atoms. The fourth-order valence-electron chi connectivity index (χ4n) is 3.10. The van der Waals surface area contributed by atoms with Crippen molar-refractivity contribution < 1.29 is 4.79 Å². The summed E-state index contributed by atoms with van der Waals surface area (Å²) in [6, 6.07) is 1.39. The van der Waals surface area contributed by atoms with Gasteiger partial charge < -0.3 is 10.2 Å². The highest BCUT2D eigenvalue weighted by Crippen LogP contribution is 2.32. The maximum Gasteiger partial charge on any atom is 0.222 e. The summed E-state index contributed by atoms with van der Waals surface area (Å²) in [4.78, 5) is 14.0. The zero-order chi connectivity index (χ0) is 12.3. The number of hydrogen-bond donors (Lipinski definition) is 1. The van der Waals surface area contributed by atoms with Gasteiger partial charge in [0.1, 0.15) is 0 Å². The monoisotopic (exact) mass is 256 g/mol. The standard InChI is InChI=1S/C13H24N2OS/c1-15(5-6-17-2)13(16)9-10-7-11-3-4-12(8-10)14-11/h10-12,14H,3-9H2,1-2H3. The Bertz CT molecular complexity index is 260. The molecule has 2 bridgehead atoms. The van der Waals surface area contributed by atoms with Crippen molar-refractivity contribution in [2.24, 2.45) is 5.92 Å². The molecule has 0 saturated carbocycles. The Balaban J connectivity index is 1.74. The van der Waals surface area contributed by atoms with Crippen LogP contribution in [0.4, 0.5) is 0 Å². The minimum absolute atomic E-state index is 0.338. The third-order valence-electron chi connectivity index (χ3n) is 4.09. The van der Waals surface area contributed by atoms with Gasteiger partial charge in [-0.1, -0.05) is 0 Å². The molecular weight excluding hydrogens is 232 g/mol. The lowest BCUT2D eigenvalue weighted by atomic mass is 9.89. The van der Waals surface area contributed by atoms with Crippen LogP contribution in [0.15, 0.2) is 0 Å². The van der Waals surface area contributed by atoms with Crippen LogP contribution in [0.2, 0.25) is 0 Å². The molecule has 0 radical (unpaired) electrons. The Morgan fingerprint density at radius 1 is 1.35 bits per heavy atom. The maximum absolute atomic E-state index is 12.0. The molecule has 2 aliphatic rings. The first-order chi connectivity index (χ1) is 8.19. The van der Waals surface area contributed by atoms with Gasteiger partial charge in [-0.25, -0.2) is 0 Å². The zero-order valence-electron chi connectivity index (χ0n) is 10.9. The summed E-state index contributed by atoms with van der Waals surface area (Å²) in [6.45, 7) is 0.887. The molecule has 0 aromatic rings. The molecule has 1 amide bonds. The van der Waals surface area contributed by atoms with Crippen molar-refractivity contribution in [2.75, 3.05) is 25.6 Å². The maximum atomic E-state index is 12.0. The van der Waals surface area contributed by atoms with Crippen LogP contribution in [-0.4, -0.2) is 48.5 Å². The van der Waals surface area contributed by atoms with E-state index in [1.54, 1.807) is 11.8 Å². The van der Waals surface area contributed by atoms with E-state index in [9.17, 15) is 4.79 Å². The van der Waals surface area contributed by atoms with Crippen LogP contribution in [-0.2, 0) is 4.79 Å². The van der Waals surface area contributed by atoms with Gasteiger partial charge in [0.2, 0.25) is 5.91 Å². The largest absolute Gasteiger partial charge is 0.345 e. The van der Waals surface area contributed by atoms with E-state index in [1.807, 2.05) is 11.9 Å². The highest BCUT2D eigenvalue weighted by Gasteiger charge is 2.34. The summed E-state index contributed by atoms with van der Waals surface area (Å²) in [7, 11) is 1.94. The topological polar surface area (TPSA) is 32.3 Å². The molecule has 4 heteroatoms. The normalized spacial score (nSPS) is 31.5. The van der Waals surface area contributed by atoms with E-state index < -0.39 is 0 Å². The first-order valence-corrected chi connectivity index (χ1v) is 8.07. The van der Waals surface area contributed by atoms with Crippen LogP contribution < -0.4 is 5.32 Å². The minimum Gasteiger partial charge on any atom is -0.345 e. The van der Waals surface area contributed by atoms with Crippen molar-refractivity contribution in [1.82, 2.24) is 10.2 Å². The van der Waals surface area contributed by atoms with Crippen molar-refractivity contribution >= 4 is 17.7 Å². The summed E-state index contributed by atoms with van der Waals surface area (Å²) in [5.41, 5.74) is 0. The summed E-state index contributed by atoms with van der Waals surface area (Å²) in [5.74, 6) is 2.00. The third-order valence-corrected chi connectivity index (χ3v) is 4.68. The molecule has 0 aromatic heterocycles. The number of rotatable bonds is 5. The van der Waals surface area contributed by atoms with Crippen molar-refractivity contribution in [3.63, 3.8) is 0 Å². The molecule has 1 N–H and O–H groups in total. The molecule has 2 aliphatic heterocycles. The second-order valence-corrected chi connectivity index (χ2v) is 6.47. The summed E-state index contributed by atoms with van der Waals surface area (Å²) in [6.07, 6.45) is 7.90. The molecule has 0 spiro atoms. The van der Waals surface area contributed by atoms with Crippen LogP contribution in [0.3, 0.4) is 0 Å². The Hall–Kier alpha value is -0.220. The second kappa shape index (κ2) is 6.10. The lowest BCUT2D eigenvalue weighted by Gasteiger charge is -2.29. The van der Waals surface area contributed by atoms with Gasteiger partial charge in [0, 0.05) is 37.8 Å². The number of nitrogens with one attached hydrogen (secondary N) is 1. The van der Waals surface area contributed by atoms with Crippen LogP contribution in [0.1, 0.15) is 32.1 Å². The van der Waals surface area contributed by atoms with Crippen LogP contribution in [0, 0.1) is 5.92 Å². The highest BCUT2D eigenvalue weighted by atomic mass is 32.2. The number of thioether (sulfide) groups is 1. The quantitative estimate of drug-likeness (QED) is 0.813. The number of hydrogen-bond acceptors (Lipinski definition) is 3. The van der Waals surface area contributed by atoms with Crippen LogP contribution in [0.5, 0.6) is 0 Å². The molecular formula is C13H24N2OS. The number of piperidine rings is 1. The summed E-state index contributed by atoms with van der Waals surface area (Å²) in [5, 5.41) is 3.63. The molecule has 2 unspecified atom stereocenters. The van der Waals surface area contributed by atoms with E-state index in [-0.39, 0.29) is 0 Å². The van der Waals surface area contributed by atoms with Gasteiger partial charge in [0.05, 0.1) is 0 Å². The fraction of sp³-hybridized carbons (Fsp3) is 0.923. The average Bonchev–Trinajstić information content (AvgIpc) is 2.65. The van der Waals surface area contributed by atoms with E-state index in [2.05, 4.69) is 11.6 Å². The molecule has 2 saturated heterocycles. The average molecular weight is 256 g/mol. The van der Waals surface area contributed by atoms with E-state index in [1.165, 1.54) is 25.7 Å². The van der Waals surface area contributed by atoms with Gasteiger partial charge in [0.25, 0.3) is 0 Å². The predicted octanol–water partition coefficient (Wildman–Crippen LogP) is 1.73. The number of nitrogens with zero attached hydrogens (tertiary/aromatic N) is 1. The lowest BCUT2D eigenvalue weighted by molar-refractivity contribution is -0.130. The van der Waals surface area contributed by atoms with E-state index in [4.69, 9.17) is 0 Å². The summed E-state index contributed by atoms with van der Waals surface area (Å²) >= 11 is 1.80. The fourth-order valence-corrected chi connectivity index (χ4v) is 3.55. The minimum atomic E-state index is 0.338. The highest BCUT2D eigenvalue weighted by molar-refractivity contribution is 7.98. The molecule has 98 valence electrons. The first kappa shape index (κ1) is 13.2. The second-order valence-electron chi connectivity index (χ2n) is 5.49. The molecule has 0 aliphatic carbocycles. The number of carbonyl (C=O) groups excluding carboxylic acids is 1. The van der Waals surface area contributed by atoms with Gasteiger partial charge in [-0.15, -0.1) is 0 Å². The van der Waals surface area contributed by atoms with Crippen LogP contribution >= 0.6 is 11.8 Å². The molecule has 0 aromatic carbocycles. The van der Waals surface area contributed by atoms with Gasteiger partial charge in [0.15, 0.2) is 0 Å². The van der Waals surface area contributed by atoms with E-state index in [0.29, 0.717) is 23.9 Å². The van der Waals surface area contributed by atoms with Crippen molar-refractivity contribution in [1.29, 1.82) is 0 Å². The van der Waals surface area contributed by atoms with E-state index >= 15 is 0 Å². The van der Waals surface area contributed by atoms with Crippen LogP contribution in [0.25, 0.3) is 0 Å². The Morgan fingerprint density at radius 3 is 2.59 bits per heavy atom. The third kappa shape index (κ3) is 3.62. The molecule has 2 atom stereocenters. The van der Waals surface area contributed by atoms with Gasteiger partial charge in [-0.3, -0.25) is 4.79 Å². The Kier molecular flexibility index (Phi) is 4.74. The Morgan fingerprint density at radius 2 is 2.00 bits per heavy atom. The smallest absolute Gasteiger partial charge is 0.222 e. The SMILES string of the molecule is CSCCN(C)C(=O)CC1CC2CCC(C1)N2. The van der Waals surface area contributed by atoms with Gasteiger partial charge in [-0.2, -0.15) is 11.8 Å². The molecule has 2 rings (SSSR count). The summed E-state index contributed by atoms with van der Waals surface area (Å²) < 4.78 is 0. The van der Waals surface area contributed by atoms with Gasteiger partial charge in [-0.05, 0) is 37.9 Å². The number of fused-ring (bicyclic) bond motifs is 2.